The first-order valence-electron chi connectivity index (χ1n) is 7.42. The minimum Gasteiger partial charge on any atom is -0.351 e. The van der Waals surface area contributed by atoms with E-state index in [2.05, 4.69) is 10.6 Å². The van der Waals surface area contributed by atoms with E-state index in [0.29, 0.717) is 18.9 Å². The highest BCUT2D eigenvalue weighted by molar-refractivity contribution is 5.85. The number of piperidine rings is 1. The Morgan fingerprint density at radius 1 is 1.36 bits per heavy atom. The standard InChI is InChI=1S/C16H22F2N2O.ClH/c1-10(2)7-16(21)20-15-9-19-6-5-12(15)11-3-4-13(17)14(18)8-11;/h3-4,8,10,12,15,19H,5-7,9H2,1-2H3,(H,20,21);1H. The van der Waals surface area contributed by atoms with Gasteiger partial charge < -0.3 is 10.6 Å². The zero-order valence-corrected chi connectivity index (χ0v) is 13.7. The lowest BCUT2D eigenvalue weighted by Gasteiger charge is -2.33. The minimum absolute atomic E-state index is 0. The molecule has 1 aliphatic rings. The molecule has 1 aromatic carbocycles. The molecule has 1 aromatic rings. The number of carbonyl (C=O) groups excluding carboxylic acids is 1. The number of amides is 1. The Labute approximate surface area is 136 Å². The predicted octanol–water partition coefficient (Wildman–Crippen LogP) is 2.99. The summed E-state index contributed by atoms with van der Waals surface area (Å²) < 4.78 is 26.5. The molecule has 2 unspecified atom stereocenters. The van der Waals surface area contributed by atoms with Crippen LogP contribution in [0.5, 0.6) is 0 Å². The summed E-state index contributed by atoms with van der Waals surface area (Å²) in [5, 5.41) is 6.25. The summed E-state index contributed by atoms with van der Waals surface area (Å²) in [7, 11) is 0. The molecule has 1 aliphatic heterocycles. The molecule has 0 radical (unpaired) electrons. The van der Waals surface area contributed by atoms with Gasteiger partial charge >= 0.3 is 0 Å². The average molecular weight is 333 g/mol. The fourth-order valence-electron chi connectivity index (χ4n) is 2.79. The van der Waals surface area contributed by atoms with Crippen LogP contribution in [0.25, 0.3) is 0 Å². The van der Waals surface area contributed by atoms with Crippen LogP contribution in [0.3, 0.4) is 0 Å². The van der Waals surface area contributed by atoms with E-state index in [1.54, 1.807) is 6.07 Å². The number of hydrogen-bond acceptors (Lipinski definition) is 2. The molecule has 6 heteroatoms. The molecule has 0 aliphatic carbocycles. The van der Waals surface area contributed by atoms with Crippen LogP contribution < -0.4 is 10.6 Å². The third-order valence-corrected chi connectivity index (χ3v) is 3.79. The van der Waals surface area contributed by atoms with Crippen molar-refractivity contribution >= 4 is 18.3 Å². The van der Waals surface area contributed by atoms with Gasteiger partial charge in [0.25, 0.3) is 0 Å². The van der Waals surface area contributed by atoms with Gasteiger partial charge in [-0.1, -0.05) is 19.9 Å². The number of nitrogens with one attached hydrogen (secondary N) is 2. The summed E-state index contributed by atoms with van der Waals surface area (Å²) >= 11 is 0. The summed E-state index contributed by atoms with van der Waals surface area (Å²) in [6, 6.07) is 3.91. The normalized spacial score (nSPS) is 21.3. The molecule has 0 bridgehead atoms. The van der Waals surface area contributed by atoms with Crippen molar-refractivity contribution in [1.29, 1.82) is 0 Å². The molecular weight excluding hydrogens is 310 g/mol. The van der Waals surface area contributed by atoms with Crippen molar-refractivity contribution in [2.24, 2.45) is 5.92 Å². The van der Waals surface area contributed by atoms with Gasteiger partial charge in [-0.15, -0.1) is 12.4 Å². The zero-order valence-electron chi connectivity index (χ0n) is 12.9. The zero-order chi connectivity index (χ0) is 15.4. The van der Waals surface area contributed by atoms with Gasteiger partial charge in [-0.05, 0) is 36.6 Å². The smallest absolute Gasteiger partial charge is 0.220 e. The first-order valence-corrected chi connectivity index (χ1v) is 7.42. The lowest BCUT2D eigenvalue weighted by molar-refractivity contribution is -0.122. The second kappa shape index (κ2) is 8.44. The summed E-state index contributed by atoms with van der Waals surface area (Å²) in [6.07, 6.45) is 1.26. The van der Waals surface area contributed by atoms with Crippen LogP contribution in [-0.2, 0) is 4.79 Å². The van der Waals surface area contributed by atoms with Crippen molar-refractivity contribution in [3.8, 4) is 0 Å². The van der Waals surface area contributed by atoms with Gasteiger partial charge in [-0.25, -0.2) is 8.78 Å². The van der Waals surface area contributed by atoms with Gasteiger partial charge in [0.1, 0.15) is 0 Å². The van der Waals surface area contributed by atoms with Crippen molar-refractivity contribution in [1.82, 2.24) is 10.6 Å². The van der Waals surface area contributed by atoms with E-state index in [-0.39, 0.29) is 30.3 Å². The lowest BCUT2D eigenvalue weighted by Crippen LogP contribution is -2.50. The first kappa shape index (κ1) is 18.8. The molecule has 0 saturated carbocycles. The first-order chi connectivity index (χ1) is 9.97. The Bertz CT molecular complexity index is 511. The SMILES string of the molecule is CC(C)CC(=O)NC1CNCCC1c1ccc(F)c(F)c1.Cl. The Hall–Kier alpha value is -1.20. The number of rotatable bonds is 4. The van der Waals surface area contributed by atoms with Gasteiger partial charge in [0.15, 0.2) is 11.6 Å². The van der Waals surface area contributed by atoms with Crippen LogP contribution in [0, 0.1) is 17.6 Å². The van der Waals surface area contributed by atoms with E-state index in [1.165, 1.54) is 6.07 Å². The van der Waals surface area contributed by atoms with E-state index >= 15 is 0 Å². The molecule has 2 N–H and O–H groups in total. The van der Waals surface area contributed by atoms with E-state index in [1.807, 2.05) is 13.8 Å². The van der Waals surface area contributed by atoms with Crippen LogP contribution in [-0.4, -0.2) is 25.0 Å². The van der Waals surface area contributed by atoms with Crippen LogP contribution in [0.1, 0.15) is 38.2 Å². The van der Waals surface area contributed by atoms with Gasteiger partial charge in [0.2, 0.25) is 5.91 Å². The maximum atomic E-state index is 13.4. The van der Waals surface area contributed by atoms with E-state index < -0.39 is 11.6 Å². The van der Waals surface area contributed by atoms with Gasteiger partial charge in [0, 0.05) is 24.9 Å². The molecule has 2 rings (SSSR count). The van der Waals surface area contributed by atoms with Crippen molar-refractivity contribution in [3.63, 3.8) is 0 Å². The predicted molar refractivity (Wildman–Crippen MR) is 85.2 cm³/mol. The molecule has 1 fully saturated rings. The average Bonchev–Trinajstić information content (AvgIpc) is 2.41. The maximum Gasteiger partial charge on any atom is 0.220 e. The highest BCUT2D eigenvalue weighted by Gasteiger charge is 2.28. The summed E-state index contributed by atoms with van der Waals surface area (Å²) in [5.41, 5.74) is 0.741. The lowest BCUT2D eigenvalue weighted by atomic mass is 9.85. The molecule has 124 valence electrons. The van der Waals surface area contributed by atoms with Crippen molar-refractivity contribution < 1.29 is 13.6 Å². The molecule has 1 amide bonds. The van der Waals surface area contributed by atoms with Gasteiger partial charge in [-0.3, -0.25) is 4.79 Å². The van der Waals surface area contributed by atoms with Crippen molar-refractivity contribution in [2.75, 3.05) is 13.1 Å². The fraction of sp³-hybridized carbons (Fsp3) is 0.562. The van der Waals surface area contributed by atoms with Crippen LogP contribution in [0.2, 0.25) is 0 Å². The largest absolute Gasteiger partial charge is 0.351 e. The van der Waals surface area contributed by atoms with Gasteiger partial charge in [0.05, 0.1) is 0 Å². The van der Waals surface area contributed by atoms with E-state index in [4.69, 9.17) is 0 Å². The van der Waals surface area contributed by atoms with Gasteiger partial charge in [-0.2, -0.15) is 0 Å². The fourth-order valence-corrected chi connectivity index (χ4v) is 2.79. The minimum atomic E-state index is -0.840. The molecular formula is C16H23ClF2N2O. The number of halogens is 3. The van der Waals surface area contributed by atoms with Crippen LogP contribution >= 0.6 is 12.4 Å². The van der Waals surface area contributed by atoms with E-state index in [0.717, 1.165) is 24.6 Å². The summed E-state index contributed by atoms with van der Waals surface area (Å²) in [5.74, 6) is -1.36. The van der Waals surface area contributed by atoms with E-state index in [9.17, 15) is 13.6 Å². The highest BCUT2D eigenvalue weighted by atomic mass is 35.5. The Morgan fingerprint density at radius 3 is 2.73 bits per heavy atom. The molecule has 22 heavy (non-hydrogen) atoms. The molecule has 3 nitrogen and oxygen atoms in total. The molecule has 2 atom stereocenters. The Balaban J connectivity index is 0.00000242. The Kier molecular flexibility index (Phi) is 7.23. The monoisotopic (exact) mass is 332 g/mol. The topological polar surface area (TPSA) is 41.1 Å². The summed E-state index contributed by atoms with van der Waals surface area (Å²) in [4.78, 5) is 11.9. The number of hydrogen-bond donors (Lipinski definition) is 2. The van der Waals surface area contributed by atoms with Crippen molar-refractivity contribution in [3.05, 3.63) is 35.4 Å². The Morgan fingerprint density at radius 2 is 2.09 bits per heavy atom. The van der Waals surface area contributed by atoms with Crippen LogP contribution in [0.4, 0.5) is 8.78 Å². The maximum absolute atomic E-state index is 13.4. The molecule has 1 saturated heterocycles. The quantitative estimate of drug-likeness (QED) is 0.890. The molecule has 0 spiro atoms. The molecule has 1 heterocycles. The third kappa shape index (κ3) is 4.92. The second-order valence-electron chi connectivity index (χ2n) is 6.04. The second-order valence-corrected chi connectivity index (χ2v) is 6.04. The third-order valence-electron chi connectivity index (χ3n) is 3.79. The summed E-state index contributed by atoms with van der Waals surface area (Å²) in [6.45, 7) is 5.44. The number of carbonyl (C=O) groups is 1. The highest BCUT2D eigenvalue weighted by Crippen LogP contribution is 2.27. The molecule has 0 aromatic heterocycles. The number of benzene rings is 1. The van der Waals surface area contributed by atoms with Crippen molar-refractivity contribution in [2.45, 2.75) is 38.6 Å². The van der Waals surface area contributed by atoms with Crippen LogP contribution in [0.15, 0.2) is 18.2 Å².